The Morgan fingerprint density at radius 1 is 1.26 bits per heavy atom. The van der Waals surface area contributed by atoms with Crippen LogP contribution in [0.25, 0.3) is 10.2 Å². The summed E-state index contributed by atoms with van der Waals surface area (Å²) in [4.78, 5) is 16.5. The third kappa shape index (κ3) is 3.22. The van der Waals surface area contributed by atoms with Crippen LogP contribution in [0.15, 0.2) is 42.5 Å². The molecule has 0 unspecified atom stereocenters. The van der Waals surface area contributed by atoms with Crippen LogP contribution in [-0.4, -0.2) is 10.9 Å². The molecule has 118 valence electrons. The number of hydrogen-bond acceptors (Lipinski definition) is 3. The van der Waals surface area contributed by atoms with Gasteiger partial charge in [-0.25, -0.2) is 13.8 Å². The number of rotatable bonds is 4. The predicted molar refractivity (Wildman–Crippen MR) is 87.6 cm³/mol. The Hall–Kier alpha value is -2.34. The van der Waals surface area contributed by atoms with Gasteiger partial charge in [0.25, 0.3) is 0 Å². The lowest BCUT2D eigenvalue weighted by molar-refractivity contribution is -0.117. The van der Waals surface area contributed by atoms with Gasteiger partial charge in [-0.3, -0.25) is 4.79 Å². The van der Waals surface area contributed by atoms with Crippen LogP contribution in [-0.2, 0) is 4.79 Å². The maximum absolute atomic E-state index is 13.7. The largest absolute Gasteiger partial charge is 0.301 e. The Bertz CT molecular complexity index is 848. The molecule has 3 aromatic rings. The van der Waals surface area contributed by atoms with E-state index in [0.29, 0.717) is 11.1 Å². The van der Waals surface area contributed by atoms with Crippen LogP contribution in [0.2, 0.25) is 0 Å². The number of nitrogens with zero attached hydrogens (tertiary/aromatic N) is 1. The maximum atomic E-state index is 13.7. The van der Waals surface area contributed by atoms with Gasteiger partial charge in [0.15, 0.2) is 10.9 Å². The van der Waals surface area contributed by atoms with Crippen molar-refractivity contribution in [2.24, 2.45) is 0 Å². The average molecular weight is 332 g/mol. The van der Waals surface area contributed by atoms with Crippen molar-refractivity contribution in [3.63, 3.8) is 0 Å². The van der Waals surface area contributed by atoms with Crippen molar-refractivity contribution in [3.05, 3.63) is 59.7 Å². The number of carbonyl (C=O) groups excluding carboxylic acids is 1. The first kappa shape index (κ1) is 15.6. The number of fused-ring (bicyclic) bond motifs is 1. The molecule has 3 nitrogen and oxygen atoms in total. The van der Waals surface area contributed by atoms with Crippen LogP contribution in [0.4, 0.5) is 13.9 Å². The number of hydrogen-bond donors (Lipinski definition) is 1. The molecule has 0 saturated carbocycles. The Morgan fingerprint density at radius 2 is 2.00 bits per heavy atom. The molecule has 0 aliphatic rings. The van der Waals surface area contributed by atoms with E-state index in [-0.39, 0.29) is 22.5 Å². The van der Waals surface area contributed by atoms with Crippen molar-refractivity contribution in [2.75, 3.05) is 5.32 Å². The summed E-state index contributed by atoms with van der Waals surface area (Å²) >= 11 is 1.05. The molecule has 0 bridgehead atoms. The standard InChI is InChI=1S/C17H14F2N2OS/c1-2-12(10-6-4-3-5-7-10)16(22)21-17-20-15-13(19)8-11(18)9-14(15)23-17/h3-9,12H,2H2,1H3,(H,20,21,22)/t12-/m0/s1. The normalized spacial score (nSPS) is 12.3. The highest BCUT2D eigenvalue weighted by Crippen LogP contribution is 2.30. The molecule has 0 fully saturated rings. The second-order valence-corrected chi connectivity index (χ2v) is 6.14. The lowest BCUT2D eigenvalue weighted by Gasteiger charge is -2.13. The van der Waals surface area contributed by atoms with Gasteiger partial charge in [0.2, 0.25) is 5.91 Å². The van der Waals surface area contributed by atoms with Gasteiger partial charge in [0.05, 0.1) is 10.6 Å². The van der Waals surface area contributed by atoms with E-state index in [1.807, 2.05) is 37.3 Å². The lowest BCUT2D eigenvalue weighted by atomic mass is 9.96. The van der Waals surface area contributed by atoms with Gasteiger partial charge in [0.1, 0.15) is 11.3 Å². The van der Waals surface area contributed by atoms with E-state index >= 15 is 0 Å². The van der Waals surface area contributed by atoms with E-state index in [2.05, 4.69) is 10.3 Å². The Labute approximate surface area is 136 Å². The van der Waals surface area contributed by atoms with Gasteiger partial charge in [-0.05, 0) is 18.1 Å². The summed E-state index contributed by atoms with van der Waals surface area (Å²) in [7, 11) is 0. The topological polar surface area (TPSA) is 42.0 Å². The first-order chi connectivity index (χ1) is 11.1. The van der Waals surface area contributed by atoms with Gasteiger partial charge >= 0.3 is 0 Å². The molecule has 0 spiro atoms. The van der Waals surface area contributed by atoms with E-state index in [0.717, 1.165) is 23.0 Å². The van der Waals surface area contributed by atoms with Crippen molar-refractivity contribution in [2.45, 2.75) is 19.3 Å². The highest BCUT2D eigenvalue weighted by Gasteiger charge is 2.20. The fourth-order valence-electron chi connectivity index (χ4n) is 2.46. The van der Waals surface area contributed by atoms with Crippen molar-refractivity contribution >= 4 is 32.6 Å². The zero-order valence-electron chi connectivity index (χ0n) is 12.3. The zero-order chi connectivity index (χ0) is 16.4. The van der Waals surface area contributed by atoms with Crippen LogP contribution in [0.1, 0.15) is 24.8 Å². The van der Waals surface area contributed by atoms with Crippen LogP contribution in [0.3, 0.4) is 0 Å². The van der Waals surface area contributed by atoms with Crippen molar-refractivity contribution in [1.82, 2.24) is 4.98 Å². The van der Waals surface area contributed by atoms with Crippen LogP contribution in [0.5, 0.6) is 0 Å². The molecule has 1 heterocycles. The SMILES string of the molecule is CC[C@H](C(=O)Nc1nc2c(F)cc(F)cc2s1)c1ccccc1. The van der Waals surface area contributed by atoms with Crippen LogP contribution >= 0.6 is 11.3 Å². The number of amides is 1. The number of benzene rings is 2. The van der Waals surface area contributed by atoms with E-state index in [4.69, 9.17) is 0 Å². The summed E-state index contributed by atoms with van der Waals surface area (Å²) in [6.45, 7) is 1.92. The molecule has 0 aliphatic heterocycles. The molecule has 1 aromatic heterocycles. The summed E-state index contributed by atoms with van der Waals surface area (Å²) in [6.07, 6.45) is 0.629. The molecule has 0 aliphatic carbocycles. The molecule has 1 amide bonds. The Morgan fingerprint density at radius 3 is 2.70 bits per heavy atom. The highest BCUT2D eigenvalue weighted by molar-refractivity contribution is 7.22. The predicted octanol–water partition coefficient (Wildman–Crippen LogP) is 4.71. The average Bonchev–Trinajstić information content (AvgIpc) is 2.91. The van der Waals surface area contributed by atoms with Gasteiger partial charge < -0.3 is 5.32 Å². The zero-order valence-corrected chi connectivity index (χ0v) is 13.2. The Balaban J connectivity index is 1.86. The molecular formula is C17H14F2N2OS. The molecule has 2 aromatic carbocycles. The van der Waals surface area contributed by atoms with Crippen molar-refractivity contribution in [3.8, 4) is 0 Å². The van der Waals surface area contributed by atoms with Gasteiger partial charge in [-0.15, -0.1) is 0 Å². The maximum Gasteiger partial charge on any atom is 0.233 e. The van der Waals surface area contributed by atoms with Gasteiger partial charge in [0, 0.05) is 6.07 Å². The molecule has 1 N–H and O–H groups in total. The number of aromatic nitrogens is 1. The summed E-state index contributed by atoms with van der Waals surface area (Å²) in [5, 5.41) is 2.97. The molecular weight excluding hydrogens is 318 g/mol. The molecule has 3 rings (SSSR count). The van der Waals surface area contributed by atoms with Crippen LogP contribution in [0, 0.1) is 11.6 Å². The molecule has 0 saturated heterocycles. The minimum atomic E-state index is -0.730. The first-order valence-electron chi connectivity index (χ1n) is 7.20. The Kier molecular flexibility index (Phi) is 4.34. The fourth-order valence-corrected chi connectivity index (χ4v) is 3.37. The van der Waals surface area contributed by atoms with E-state index in [9.17, 15) is 13.6 Å². The second-order valence-electron chi connectivity index (χ2n) is 5.11. The minimum Gasteiger partial charge on any atom is -0.301 e. The number of halogens is 2. The van der Waals surface area contributed by atoms with E-state index in [1.54, 1.807) is 0 Å². The lowest BCUT2D eigenvalue weighted by Crippen LogP contribution is -2.20. The molecule has 1 atom stereocenters. The summed E-state index contributed by atoms with van der Waals surface area (Å²) in [5.41, 5.74) is 0.977. The first-order valence-corrected chi connectivity index (χ1v) is 8.01. The third-order valence-corrected chi connectivity index (χ3v) is 4.49. The van der Waals surface area contributed by atoms with Gasteiger partial charge in [-0.1, -0.05) is 48.6 Å². The molecule has 23 heavy (non-hydrogen) atoms. The third-order valence-electron chi connectivity index (χ3n) is 3.57. The summed E-state index contributed by atoms with van der Waals surface area (Å²) in [6, 6.07) is 11.4. The summed E-state index contributed by atoms with van der Waals surface area (Å²) in [5.74, 6) is -1.91. The number of thiazole rings is 1. The number of anilines is 1. The van der Waals surface area contributed by atoms with Gasteiger partial charge in [-0.2, -0.15) is 0 Å². The molecule has 6 heteroatoms. The number of nitrogens with one attached hydrogen (secondary N) is 1. The second kappa shape index (κ2) is 6.42. The monoisotopic (exact) mass is 332 g/mol. The number of carbonyl (C=O) groups is 1. The van der Waals surface area contributed by atoms with Crippen molar-refractivity contribution in [1.29, 1.82) is 0 Å². The quantitative estimate of drug-likeness (QED) is 0.752. The highest BCUT2D eigenvalue weighted by atomic mass is 32.1. The van der Waals surface area contributed by atoms with E-state index in [1.165, 1.54) is 6.07 Å². The smallest absolute Gasteiger partial charge is 0.233 e. The summed E-state index contributed by atoms with van der Waals surface area (Å²) < 4.78 is 27.3. The van der Waals surface area contributed by atoms with E-state index < -0.39 is 11.6 Å². The fraction of sp³-hybridized carbons (Fsp3) is 0.176. The minimum absolute atomic E-state index is 0.0689. The van der Waals surface area contributed by atoms with Crippen LogP contribution < -0.4 is 5.32 Å². The van der Waals surface area contributed by atoms with Crippen molar-refractivity contribution < 1.29 is 13.6 Å². The molecule has 0 radical (unpaired) electrons.